The largest absolute Gasteiger partial charge is 0.397 e. The third-order valence-electron chi connectivity index (χ3n) is 2.22. The molecule has 0 heterocycles. The van der Waals surface area contributed by atoms with E-state index in [2.05, 4.69) is 11.1 Å². The topological polar surface area (TPSA) is 82.1 Å². The highest BCUT2D eigenvalue weighted by molar-refractivity contribution is 7.80. The quantitative estimate of drug-likeness (QED) is 0.410. The molecule has 0 aliphatic heterocycles. The first-order valence-corrected chi connectivity index (χ1v) is 7.70. The van der Waals surface area contributed by atoms with Gasteiger partial charge in [0.1, 0.15) is 0 Å². The van der Waals surface area contributed by atoms with Crippen LogP contribution in [0.2, 0.25) is 0 Å². The fourth-order valence-electron chi connectivity index (χ4n) is 1.33. The van der Waals surface area contributed by atoms with E-state index in [1.165, 1.54) is 25.7 Å². The highest BCUT2D eigenvalue weighted by Crippen LogP contribution is 2.02. The van der Waals surface area contributed by atoms with Crippen molar-refractivity contribution in [3.8, 4) is 0 Å². The lowest BCUT2D eigenvalue weighted by molar-refractivity contribution is 0.0346. The SMILES string of the molecule is CCCCCCCOCCOCCOS(=O)(=O)O. The molecular weight excluding hydrogens is 260 g/mol. The number of hydrogen-bond donors (Lipinski definition) is 1. The standard InChI is InChI=1S/C11H24O6S/c1-2-3-4-5-6-7-15-8-9-16-10-11-17-18(12,13)14/h2-11H2,1H3,(H,12,13,14). The van der Waals surface area contributed by atoms with Crippen LogP contribution < -0.4 is 0 Å². The molecule has 0 aliphatic carbocycles. The summed E-state index contributed by atoms with van der Waals surface area (Å²) < 4.78 is 43.0. The van der Waals surface area contributed by atoms with E-state index in [1.54, 1.807) is 0 Å². The van der Waals surface area contributed by atoms with Crippen molar-refractivity contribution in [1.82, 2.24) is 0 Å². The minimum absolute atomic E-state index is 0.111. The van der Waals surface area contributed by atoms with Crippen molar-refractivity contribution in [3.63, 3.8) is 0 Å². The Morgan fingerprint density at radius 2 is 1.39 bits per heavy atom. The predicted octanol–water partition coefficient (Wildman–Crippen LogP) is 1.81. The van der Waals surface area contributed by atoms with Crippen LogP contribution in [0.4, 0.5) is 0 Å². The Labute approximate surface area is 110 Å². The minimum Gasteiger partial charge on any atom is -0.379 e. The lowest BCUT2D eigenvalue weighted by atomic mass is 10.2. The van der Waals surface area contributed by atoms with E-state index in [4.69, 9.17) is 14.0 Å². The second-order valence-corrected chi connectivity index (χ2v) is 4.98. The third kappa shape index (κ3) is 15.8. The van der Waals surface area contributed by atoms with Gasteiger partial charge in [0.25, 0.3) is 0 Å². The highest BCUT2D eigenvalue weighted by Gasteiger charge is 2.02. The van der Waals surface area contributed by atoms with Gasteiger partial charge in [0, 0.05) is 6.61 Å². The van der Waals surface area contributed by atoms with E-state index < -0.39 is 10.4 Å². The van der Waals surface area contributed by atoms with Crippen LogP contribution in [0.5, 0.6) is 0 Å². The van der Waals surface area contributed by atoms with Crippen LogP contribution in [0, 0.1) is 0 Å². The Balaban J connectivity index is 3.03. The van der Waals surface area contributed by atoms with Gasteiger partial charge in [-0.2, -0.15) is 8.42 Å². The average Bonchev–Trinajstić information content (AvgIpc) is 2.29. The second kappa shape index (κ2) is 11.9. The summed E-state index contributed by atoms with van der Waals surface area (Å²) in [7, 11) is -4.35. The fourth-order valence-corrected chi connectivity index (χ4v) is 1.61. The van der Waals surface area contributed by atoms with Crippen molar-refractivity contribution in [2.75, 3.05) is 33.0 Å². The summed E-state index contributed by atoms with van der Waals surface area (Å²) in [6, 6.07) is 0. The Kier molecular flexibility index (Phi) is 11.7. The van der Waals surface area contributed by atoms with Crippen molar-refractivity contribution in [2.24, 2.45) is 0 Å². The molecule has 0 amide bonds. The van der Waals surface area contributed by atoms with Crippen molar-refractivity contribution >= 4 is 10.4 Å². The monoisotopic (exact) mass is 284 g/mol. The predicted molar refractivity (Wildman–Crippen MR) is 67.9 cm³/mol. The molecular formula is C11H24O6S. The van der Waals surface area contributed by atoms with Crippen LogP contribution in [0.1, 0.15) is 39.0 Å². The molecule has 0 aliphatic rings. The molecule has 0 fully saturated rings. The van der Waals surface area contributed by atoms with E-state index in [0.717, 1.165) is 13.0 Å². The lowest BCUT2D eigenvalue weighted by Crippen LogP contribution is -2.12. The second-order valence-electron chi connectivity index (χ2n) is 3.89. The maximum atomic E-state index is 10.2. The van der Waals surface area contributed by atoms with E-state index in [-0.39, 0.29) is 13.2 Å². The van der Waals surface area contributed by atoms with E-state index in [9.17, 15) is 8.42 Å². The molecule has 0 atom stereocenters. The first-order valence-electron chi connectivity index (χ1n) is 6.33. The summed E-state index contributed by atoms with van der Waals surface area (Å²) in [5, 5.41) is 0. The molecule has 0 saturated heterocycles. The molecule has 0 aromatic heterocycles. The maximum Gasteiger partial charge on any atom is 0.397 e. The summed E-state index contributed by atoms with van der Waals surface area (Å²) in [4.78, 5) is 0. The summed E-state index contributed by atoms with van der Waals surface area (Å²) in [6.07, 6.45) is 6.02. The Hall–Kier alpha value is -0.210. The van der Waals surface area contributed by atoms with Crippen LogP contribution in [0.3, 0.4) is 0 Å². The Bertz CT molecular complexity index is 265. The number of hydrogen-bond acceptors (Lipinski definition) is 5. The van der Waals surface area contributed by atoms with Gasteiger partial charge >= 0.3 is 10.4 Å². The first-order chi connectivity index (χ1) is 8.56. The fraction of sp³-hybridized carbons (Fsp3) is 1.00. The van der Waals surface area contributed by atoms with Crippen LogP contribution in [0.15, 0.2) is 0 Å². The molecule has 0 saturated carbocycles. The minimum atomic E-state index is -4.35. The molecule has 0 spiro atoms. The van der Waals surface area contributed by atoms with Gasteiger partial charge in [0.2, 0.25) is 0 Å². The van der Waals surface area contributed by atoms with E-state index in [0.29, 0.717) is 13.2 Å². The highest BCUT2D eigenvalue weighted by atomic mass is 32.3. The van der Waals surface area contributed by atoms with Gasteiger partial charge in [-0.25, -0.2) is 4.18 Å². The van der Waals surface area contributed by atoms with Gasteiger partial charge in [-0.05, 0) is 6.42 Å². The lowest BCUT2D eigenvalue weighted by Gasteiger charge is -2.05. The smallest absolute Gasteiger partial charge is 0.379 e. The van der Waals surface area contributed by atoms with Gasteiger partial charge in [-0.15, -0.1) is 0 Å². The Morgan fingerprint density at radius 1 is 0.833 bits per heavy atom. The normalized spacial score (nSPS) is 11.9. The maximum absolute atomic E-state index is 10.2. The Morgan fingerprint density at radius 3 is 2.00 bits per heavy atom. The third-order valence-corrected chi connectivity index (χ3v) is 2.69. The molecule has 0 radical (unpaired) electrons. The summed E-state index contributed by atoms with van der Waals surface area (Å²) in [6.45, 7) is 3.72. The van der Waals surface area contributed by atoms with Crippen molar-refractivity contribution in [2.45, 2.75) is 39.0 Å². The molecule has 0 aromatic rings. The average molecular weight is 284 g/mol. The van der Waals surface area contributed by atoms with Gasteiger partial charge in [0.15, 0.2) is 0 Å². The van der Waals surface area contributed by atoms with E-state index in [1.807, 2.05) is 0 Å². The first kappa shape index (κ1) is 17.8. The molecule has 6 nitrogen and oxygen atoms in total. The zero-order valence-corrected chi connectivity index (χ0v) is 11.8. The molecule has 1 N–H and O–H groups in total. The van der Waals surface area contributed by atoms with Crippen LogP contribution in [-0.2, 0) is 24.1 Å². The van der Waals surface area contributed by atoms with Crippen LogP contribution in [-0.4, -0.2) is 46.0 Å². The van der Waals surface area contributed by atoms with Crippen molar-refractivity contribution in [1.29, 1.82) is 0 Å². The van der Waals surface area contributed by atoms with Gasteiger partial charge in [-0.3, -0.25) is 4.55 Å². The zero-order valence-electron chi connectivity index (χ0n) is 11.0. The van der Waals surface area contributed by atoms with Crippen LogP contribution >= 0.6 is 0 Å². The van der Waals surface area contributed by atoms with Gasteiger partial charge < -0.3 is 9.47 Å². The van der Waals surface area contributed by atoms with E-state index >= 15 is 0 Å². The van der Waals surface area contributed by atoms with Crippen LogP contribution in [0.25, 0.3) is 0 Å². The van der Waals surface area contributed by atoms with Crippen molar-refractivity contribution in [3.05, 3.63) is 0 Å². The molecule has 110 valence electrons. The summed E-state index contributed by atoms with van der Waals surface area (Å²) in [5.41, 5.74) is 0. The molecule has 7 heteroatoms. The number of ether oxygens (including phenoxy) is 2. The molecule has 0 bridgehead atoms. The van der Waals surface area contributed by atoms with Gasteiger partial charge in [0.05, 0.1) is 26.4 Å². The number of unbranched alkanes of at least 4 members (excludes halogenated alkanes) is 4. The summed E-state index contributed by atoms with van der Waals surface area (Å²) >= 11 is 0. The molecule has 0 aromatic carbocycles. The zero-order chi connectivity index (χ0) is 13.7. The van der Waals surface area contributed by atoms with Gasteiger partial charge in [-0.1, -0.05) is 32.6 Å². The number of rotatable bonds is 13. The molecule has 0 unspecified atom stereocenters. The summed E-state index contributed by atoms with van der Waals surface area (Å²) in [5.74, 6) is 0. The molecule has 0 rings (SSSR count). The molecule has 18 heavy (non-hydrogen) atoms. The van der Waals surface area contributed by atoms with Crippen molar-refractivity contribution < 1.29 is 26.6 Å².